The molecule has 2 saturated heterocycles. The van der Waals surface area contributed by atoms with E-state index in [1.807, 2.05) is 13.0 Å². The van der Waals surface area contributed by atoms with E-state index < -0.39 is 121 Å². The lowest BCUT2D eigenvalue weighted by molar-refractivity contribution is -0.344. The Bertz CT molecular complexity index is 1350. The molecule has 0 spiro atoms. The van der Waals surface area contributed by atoms with Gasteiger partial charge in [-0.3, -0.25) is 14.4 Å². The Labute approximate surface area is 337 Å². The largest absolute Gasteiger partial charge is 0.462 e. The first kappa shape index (κ1) is 48.6. The Morgan fingerprint density at radius 3 is 2.23 bits per heavy atom. The van der Waals surface area contributed by atoms with E-state index in [0.29, 0.717) is 12.7 Å². The van der Waals surface area contributed by atoms with Crippen LogP contribution in [0.15, 0.2) is 24.3 Å². The number of nitrogens with zero attached hydrogens (tertiary/aromatic N) is 1. The van der Waals surface area contributed by atoms with Gasteiger partial charge in [-0.2, -0.15) is 0 Å². The van der Waals surface area contributed by atoms with Crippen LogP contribution in [0.1, 0.15) is 93.4 Å². The van der Waals surface area contributed by atoms with Crippen LogP contribution in [0, 0.1) is 11.8 Å². The zero-order chi connectivity index (χ0) is 42.6. The molecule has 2 unspecified atom stereocenters. The van der Waals surface area contributed by atoms with Crippen LogP contribution in [0.2, 0.25) is 0 Å². The van der Waals surface area contributed by atoms with Gasteiger partial charge in [-0.25, -0.2) is 0 Å². The Morgan fingerprint density at radius 2 is 1.63 bits per heavy atom. The number of aldehydes is 1. The molecule has 0 saturated carbocycles. The summed E-state index contributed by atoms with van der Waals surface area (Å²) in [5, 5.41) is 34.5. The lowest BCUT2D eigenvalue weighted by Gasteiger charge is -2.50. The van der Waals surface area contributed by atoms with Crippen molar-refractivity contribution in [3.05, 3.63) is 24.3 Å². The third-order valence-corrected chi connectivity index (χ3v) is 10.9. The van der Waals surface area contributed by atoms with Gasteiger partial charge in [0.1, 0.15) is 42.4 Å². The van der Waals surface area contributed by atoms with Crippen molar-refractivity contribution in [2.75, 3.05) is 21.2 Å². The number of carbonyl (C=O) groups is 4. The first-order valence-electron chi connectivity index (χ1n) is 20.1. The number of carbonyl (C=O) groups excluding carboxylic acids is 4. The minimum absolute atomic E-state index is 0.000633. The molecule has 2 fully saturated rings. The second-order valence-electron chi connectivity index (χ2n) is 16.0. The molecule has 326 valence electrons. The molecule has 0 radical (unpaired) electrons. The predicted molar refractivity (Wildman–Crippen MR) is 205 cm³/mol. The Kier molecular flexibility index (Phi) is 19.2. The number of allylic oxidation sites excluding steroid dienone is 2. The lowest BCUT2D eigenvalue weighted by atomic mass is 9.82. The van der Waals surface area contributed by atoms with E-state index in [2.05, 4.69) is 0 Å². The van der Waals surface area contributed by atoms with Gasteiger partial charge in [0, 0.05) is 39.2 Å². The van der Waals surface area contributed by atoms with Gasteiger partial charge in [-0.15, -0.1) is 0 Å². The van der Waals surface area contributed by atoms with Crippen LogP contribution >= 0.6 is 0 Å². The smallest absolute Gasteiger partial charge is 0.309 e. The second kappa shape index (κ2) is 22.5. The van der Waals surface area contributed by atoms with E-state index in [0.717, 1.165) is 0 Å². The van der Waals surface area contributed by atoms with Crippen molar-refractivity contribution in [1.29, 1.82) is 0 Å². The fourth-order valence-corrected chi connectivity index (χ4v) is 7.82. The second-order valence-corrected chi connectivity index (χ2v) is 16.0. The minimum atomic E-state index is -1.49. The van der Waals surface area contributed by atoms with Gasteiger partial charge < -0.3 is 62.9 Å². The summed E-state index contributed by atoms with van der Waals surface area (Å²) in [7, 11) is 4.86. The van der Waals surface area contributed by atoms with Gasteiger partial charge in [-0.05, 0) is 60.0 Å². The summed E-state index contributed by atoms with van der Waals surface area (Å²) in [5.41, 5.74) is -1.49. The van der Waals surface area contributed by atoms with Crippen molar-refractivity contribution in [2.24, 2.45) is 11.8 Å². The SMILES string of the molecule is CCC(=O)OC1CC(=O)O[C@@H](C)C/C=C/C=C/[C@@H](O)[C@@H](C)CC(CC=O)[C@@H](O[C@H]2O[C@@H](C)[C@H](O[C@@H]3C[C@](C)(O)[C@H](OC(=O)CC)[C@@H](C)O3)[C@@H](N(C)C)[C@@H]2O)[C@@H]1OC. The number of likely N-dealkylation sites (N-methyl/N-ethyl adjacent to an activating group) is 1. The molecule has 57 heavy (non-hydrogen) atoms. The van der Waals surface area contributed by atoms with Crippen molar-refractivity contribution in [1.82, 2.24) is 4.90 Å². The number of esters is 3. The summed E-state index contributed by atoms with van der Waals surface area (Å²) in [4.78, 5) is 52.3. The van der Waals surface area contributed by atoms with E-state index in [1.165, 1.54) is 7.11 Å². The number of rotatable bonds is 12. The highest BCUT2D eigenvalue weighted by atomic mass is 16.7. The predicted octanol–water partition coefficient (Wildman–Crippen LogP) is 2.77. The van der Waals surface area contributed by atoms with Gasteiger partial charge in [0.15, 0.2) is 18.7 Å². The number of aliphatic hydroxyl groups excluding tert-OH is 2. The summed E-state index contributed by atoms with van der Waals surface area (Å²) in [6.07, 6.45) is -4.08. The van der Waals surface area contributed by atoms with E-state index in [4.69, 9.17) is 37.9 Å². The number of ether oxygens (including phenoxy) is 8. The zero-order valence-corrected chi connectivity index (χ0v) is 35.2. The quantitative estimate of drug-likeness (QED) is 0.147. The molecular weight excluding hydrogens is 746 g/mol. The zero-order valence-electron chi connectivity index (χ0n) is 35.2. The van der Waals surface area contributed by atoms with Gasteiger partial charge in [-0.1, -0.05) is 45.1 Å². The van der Waals surface area contributed by atoms with Crippen LogP contribution in [0.4, 0.5) is 0 Å². The first-order chi connectivity index (χ1) is 26.9. The third-order valence-electron chi connectivity index (χ3n) is 10.9. The molecule has 0 aromatic rings. The third kappa shape index (κ3) is 13.6. The molecule has 0 aromatic heterocycles. The van der Waals surface area contributed by atoms with Crippen LogP contribution in [0.3, 0.4) is 0 Å². The van der Waals surface area contributed by atoms with E-state index in [-0.39, 0.29) is 32.1 Å². The molecule has 0 bridgehead atoms. The maximum Gasteiger partial charge on any atom is 0.309 e. The normalized spacial score (nSPS) is 41.1. The molecule has 3 aliphatic heterocycles. The van der Waals surface area contributed by atoms with E-state index in [1.54, 1.807) is 78.8 Å². The van der Waals surface area contributed by atoms with E-state index >= 15 is 0 Å². The van der Waals surface area contributed by atoms with Crippen molar-refractivity contribution in [3.63, 3.8) is 0 Å². The highest BCUT2D eigenvalue weighted by molar-refractivity contribution is 5.72. The fourth-order valence-electron chi connectivity index (χ4n) is 7.82. The molecule has 16 nitrogen and oxygen atoms in total. The van der Waals surface area contributed by atoms with Gasteiger partial charge in [0.05, 0.1) is 36.9 Å². The molecule has 3 rings (SSSR count). The van der Waals surface area contributed by atoms with Crippen LogP contribution in [0.5, 0.6) is 0 Å². The summed E-state index contributed by atoms with van der Waals surface area (Å²) < 4.78 is 48.5. The number of hydrogen-bond acceptors (Lipinski definition) is 16. The average Bonchev–Trinajstić information content (AvgIpc) is 3.13. The molecule has 3 N–H and O–H groups in total. The molecule has 0 aliphatic carbocycles. The average molecular weight is 814 g/mol. The molecule has 16 heteroatoms. The molecule has 0 aromatic carbocycles. The van der Waals surface area contributed by atoms with Crippen molar-refractivity contribution in [3.8, 4) is 0 Å². The standard InChI is InChI=1S/C41H67NO15/c1-11-30(45)54-29-21-32(47)51-24(4)16-14-13-15-17-28(44)23(3)20-27(18-19-43)37(38(29)50-10)57-40-35(48)34(42(8)9)36(25(5)53-40)56-33-22-41(7,49)39(26(6)52-33)55-31(46)12-2/h13-15,17,19,23-29,33-40,44,48-49H,11-12,16,18,20-22H2,1-10H3/b14-13+,17-15+/t23-,24-,25-,26+,27?,28+,29?,33+,34-,35-,36-,37+,38+,39+,40+,41-/m0/s1. The maximum atomic E-state index is 13.3. The van der Waals surface area contributed by atoms with Crippen LogP contribution in [0.25, 0.3) is 0 Å². The number of cyclic esters (lactones) is 1. The van der Waals surface area contributed by atoms with Crippen molar-refractivity contribution < 1.29 is 72.4 Å². The number of aliphatic hydroxyl groups is 3. The van der Waals surface area contributed by atoms with E-state index in [9.17, 15) is 34.5 Å². The van der Waals surface area contributed by atoms with Crippen LogP contribution in [-0.4, -0.2) is 151 Å². The molecule has 0 amide bonds. The molecule has 3 aliphatic rings. The number of hydrogen-bond donors (Lipinski definition) is 3. The van der Waals surface area contributed by atoms with Crippen molar-refractivity contribution in [2.45, 2.75) is 179 Å². The lowest BCUT2D eigenvalue weighted by Crippen LogP contribution is -2.66. The van der Waals surface area contributed by atoms with Crippen LogP contribution in [-0.2, 0) is 57.1 Å². The van der Waals surface area contributed by atoms with Crippen molar-refractivity contribution >= 4 is 24.2 Å². The highest BCUT2D eigenvalue weighted by Gasteiger charge is 2.53. The monoisotopic (exact) mass is 813 g/mol. The van der Waals surface area contributed by atoms with Gasteiger partial charge in [0.25, 0.3) is 0 Å². The Balaban J connectivity index is 2.01. The summed E-state index contributed by atoms with van der Waals surface area (Å²) in [6, 6.07) is -0.779. The van der Waals surface area contributed by atoms with Gasteiger partial charge in [0.2, 0.25) is 0 Å². The minimum Gasteiger partial charge on any atom is -0.462 e. The Morgan fingerprint density at radius 1 is 0.965 bits per heavy atom. The maximum absolute atomic E-state index is 13.3. The first-order valence-corrected chi connectivity index (χ1v) is 20.1. The Hall–Kier alpha value is -2.80. The van der Waals surface area contributed by atoms with Crippen LogP contribution < -0.4 is 0 Å². The molecular formula is C41H67NO15. The summed E-state index contributed by atoms with van der Waals surface area (Å²) in [5.74, 6) is -2.82. The fraction of sp³-hybridized carbons (Fsp3) is 0.805. The topological polar surface area (TPSA) is 206 Å². The van der Waals surface area contributed by atoms with Gasteiger partial charge >= 0.3 is 17.9 Å². The number of methoxy groups -OCH3 is 1. The molecule has 16 atom stereocenters. The summed E-state index contributed by atoms with van der Waals surface area (Å²) in [6.45, 7) is 11.8. The molecule has 3 heterocycles. The highest BCUT2D eigenvalue weighted by Crippen LogP contribution is 2.37. The summed E-state index contributed by atoms with van der Waals surface area (Å²) >= 11 is 0.